The number of likely N-dealkylation sites (tertiary alicyclic amines) is 1. The maximum atomic E-state index is 5.75. The molecule has 1 aromatic rings. The molecule has 110 valence electrons. The lowest BCUT2D eigenvalue weighted by molar-refractivity contribution is 0.193. The molecule has 0 radical (unpaired) electrons. The molecule has 1 aromatic carbocycles. The zero-order valence-corrected chi connectivity index (χ0v) is 12.5. The summed E-state index contributed by atoms with van der Waals surface area (Å²) in [6.45, 7) is 8.72. The van der Waals surface area contributed by atoms with Crippen molar-refractivity contribution in [2.45, 2.75) is 32.7 Å². The molecule has 0 aromatic heterocycles. The number of nitrogens with zero attached hydrogens (tertiary/aromatic N) is 1. The molecule has 0 aliphatic carbocycles. The van der Waals surface area contributed by atoms with Crippen LogP contribution in [0.25, 0.3) is 0 Å². The molecule has 20 heavy (non-hydrogen) atoms. The predicted molar refractivity (Wildman–Crippen MR) is 82.0 cm³/mol. The molecule has 0 amide bonds. The van der Waals surface area contributed by atoms with Gasteiger partial charge >= 0.3 is 0 Å². The van der Waals surface area contributed by atoms with E-state index in [4.69, 9.17) is 4.74 Å². The van der Waals surface area contributed by atoms with E-state index in [0.717, 1.165) is 18.9 Å². The Morgan fingerprint density at radius 3 is 2.80 bits per heavy atom. The quantitative estimate of drug-likeness (QED) is 0.913. The molecule has 2 saturated heterocycles. The first kappa shape index (κ1) is 13.9. The molecule has 0 saturated carbocycles. The number of benzene rings is 1. The third-order valence-electron chi connectivity index (χ3n) is 4.85. The zero-order chi connectivity index (χ0) is 13.8. The van der Waals surface area contributed by atoms with E-state index in [9.17, 15) is 0 Å². The highest BCUT2D eigenvalue weighted by atomic mass is 16.5. The van der Waals surface area contributed by atoms with Crippen LogP contribution < -0.4 is 10.1 Å². The first-order valence-electron chi connectivity index (χ1n) is 7.95. The van der Waals surface area contributed by atoms with Gasteiger partial charge in [0, 0.05) is 18.7 Å². The van der Waals surface area contributed by atoms with E-state index in [-0.39, 0.29) is 0 Å². The van der Waals surface area contributed by atoms with E-state index in [2.05, 4.69) is 41.4 Å². The van der Waals surface area contributed by atoms with Crippen LogP contribution in [0.3, 0.4) is 0 Å². The van der Waals surface area contributed by atoms with Crippen LogP contribution in [0, 0.1) is 5.41 Å². The van der Waals surface area contributed by atoms with Gasteiger partial charge < -0.3 is 10.1 Å². The largest absolute Gasteiger partial charge is 0.494 e. The molecule has 3 rings (SSSR count). The summed E-state index contributed by atoms with van der Waals surface area (Å²) in [6.07, 6.45) is 4.05. The molecule has 2 aliphatic rings. The maximum absolute atomic E-state index is 5.75. The van der Waals surface area contributed by atoms with Crippen molar-refractivity contribution in [1.82, 2.24) is 10.2 Å². The minimum Gasteiger partial charge on any atom is -0.494 e. The van der Waals surface area contributed by atoms with E-state index in [1.165, 1.54) is 51.0 Å². The number of rotatable bonds is 4. The molecule has 2 heterocycles. The number of hydrogen-bond donors (Lipinski definition) is 1. The van der Waals surface area contributed by atoms with Crippen LogP contribution in [0.2, 0.25) is 0 Å². The summed E-state index contributed by atoms with van der Waals surface area (Å²) in [6, 6.07) is 8.48. The summed E-state index contributed by atoms with van der Waals surface area (Å²) in [5.41, 5.74) is 1.92. The van der Waals surface area contributed by atoms with E-state index < -0.39 is 0 Å². The van der Waals surface area contributed by atoms with Crippen molar-refractivity contribution in [1.29, 1.82) is 0 Å². The molecule has 1 spiro atoms. The van der Waals surface area contributed by atoms with Gasteiger partial charge in [-0.2, -0.15) is 0 Å². The summed E-state index contributed by atoms with van der Waals surface area (Å²) >= 11 is 0. The average Bonchev–Trinajstić information content (AvgIpc) is 2.85. The SMILES string of the molecule is CCOc1ccccc1CN1CCC2(CCNCC2)C1. The first-order chi connectivity index (χ1) is 9.81. The van der Waals surface area contributed by atoms with Gasteiger partial charge in [-0.25, -0.2) is 0 Å². The highest BCUT2D eigenvalue weighted by molar-refractivity contribution is 5.33. The molecule has 0 atom stereocenters. The normalized spacial score (nSPS) is 22.2. The van der Waals surface area contributed by atoms with Crippen molar-refractivity contribution >= 4 is 0 Å². The van der Waals surface area contributed by atoms with Gasteiger partial charge in [-0.1, -0.05) is 18.2 Å². The fourth-order valence-corrected chi connectivity index (χ4v) is 3.70. The van der Waals surface area contributed by atoms with Crippen LogP contribution >= 0.6 is 0 Å². The topological polar surface area (TPSA) is 24.5 Å². The van der Waals surface area contributed by atoms with Crippen molar-refractivity contribution in [3.63, 3.8) is 0 Å². The van der Waals surface area contributed by atoms with Crippen molar-refractivity contribution in [2.24, 2.45) is 5.41 Å². The highest BCUT2D eigenvalue weighted by Crippen LogP contribution is 2.39. The second kappa shape index (κ2) is 6.15. The van der Waals surface area contributed by atoms with Crippen LogP contribution in [0.1, 0.15) is 31.7 Å². The van der Waals surface area contributed by atoms with Gasteiger partial charge in [0.15, 0.2) is 0 Å². The van der Waals surface area contributed by atoms with Crippen LogP contribution in [0.15, 0.2) is 24.3 Å². The van der Waals surface area contributed by atoms with Crippen molar-refractivity contribution < 1.29 is 4.74 Å². The fraction of sp³-hybridized carbons (Fsp3) is 0.647. The number of para-hydroxylation sites is 1. The Kier molecular flexibility index (Phi) is 4.27. The highest BCUT2D eigenvalue weighted by Gasteiger charge is 2.38. The smallest absolute Gasteiger partial charge is 0.123 e. The lowest BCUT2D eigenvalue weighted by Gasteiger charge is -2.34. The lowest BCUT2D eigenvalue weighted by atomic mass is 9.78. The van der Waals surface area contributed by atoms with Crippen molar-refractivity contribution in [2.75, 3.05) is 32.8 Å². The molecule has 3 heteroatoms. The third kappa shape index (κ3) is 2.99. The Morgan fingerprint density at radius 2 is 2.00 bits per heavy atom. The monoisotopic (exact) mass is 274 g/mol. The standard InChI is InChI=1S/C17H26N2O/c1-2-20-16-6-4-3-5-15(16)13-19-12-9-17(14-19)7-10-18-11-8-17/h3-6,18H,2,7-14H2,1H3. The van der Waals surface area contributed by atoms with Crippen LogP contribution in [-0.4, -0.2) is 37.7 Å². The number of nitrogens with one attached hydrogen (secondary N) is 1. The lowest BCUT2D eigenvalue weighted by Crippen LogP contribution is -2.38. The van der Waals surface area contributed by atoms with Gasteiger partial charge in [-0.05, 0) is 57.3 Å². The Balaban J connectivity index is 1.64. The summed E-state index contributed by atoms with van der Waals surface area (Å²) in [5, 5.41) is 3.49. The second-order valence-corrected chi connectivity index (χ2v) is 6.25. The summed E-state index contributed by atoms with van der Waals surface area (Å²) < 4.78 is 5.75. The van der Waals surface area contributed by atoms with E-state index >= 15 is 0 Å². The van der Waals surface area contributed by atoms with Gasteiger partial charge in [-0.15, -0.1) is 0 Å². The minimum atomic E-state index is 0.589. The van der Waals surface area contributed by atoms with Crippen molar-refractivity contribution in [3.8, 4) is 5.75 Å². The molecule has 1 N–H and O–H groups in total. The Hall–Kier alpha value is -1.06. The molecule has 0 unspecified atom stereocenters. The molecule has 2 fully saturated rings. The maximum Gasteiger partial charge on any atom is 0.123 e. The van der Waals surface area contributed by atoms with E-state index in [0.29, 0.717) is 5.41 Å². The summed E-state index contributed by atoms with van der Waals surface area (Å²) in [7, 11) is 0. The van der Waals surface area contributed by atoms with Gasteiger partial charge in [-0.3, -0.25) is 4.90 Å². The number of piperidine rings is 1. The van der Waals surface area contributed by atoms with Crippen molar-refractivity contribution in [3.05, 3.63) is 29.8 Å². The van der Waals surface area contributed by atoms with Crippen LogP contribution in [-0.2, 0) is 6.54 Å². The summed E-state index contributed by atoms with van der Waals surface area (Å²) in [5.74, 6) is 1.06. The van der Waals surface area contributed by atoms with Gasteiger partial charge in [0.1, 0.15) is 5.75 Å². The van der Waals surface area contributed by atoms with E-state index in [1.807, 2.05) is 0 Å². The van der Waals surface area contributed by atoms with Crippen LogP contribution in [0.5, 0.6) is 5.75 Å². The fourth-order valence-electron chi connectivity index (χ4n) is 3.70. The minimum absolute atomic E-state index is 0.589. The molecular formula is C17H26N2O. The van der Waals surface area contributed by atoms with Gasteiger partial charge in [0.25, 0.3) is 0 Å². The zero-order valence-electron chi connectivity index (χ0n) is 12.5. The van der Waals surface area contributed by atoms with Crippen LogP contribution in [0.4, 0.5) is 0 Å². The number of hydrogen-bond acceptors (Lipinski definition) is 3. The first-order valence-corrected chi connectivity index (χ1v) is 7.95. The van der Waals surface area contributed by atoms with E-state index in [1.54, 1.807) is 0 Å². The van der Waals surface area contributed by atoms with Gasteiger partial charge in [0.05, 0.1) is 6.61 Å². The molecule has 3 nitrogen and oxygen atoms in total. The Morgan fingerprint density at radius 1 is 1.20 bits per heavy atom. The predicted octanol–water partition coefficient (Wildman–Crippen LogP) is 2.66. The number of ether oxygens (including phenoxy) is 1. The third-order valence-corrected chi connectivity index (χ3v) is 4.85. The molecule has 2 aliphatic heterocycles. The Labute approximate surface area is 122 Å². The van der Waals surface area contributed by atoms with Gasteiger partial charge in [0.2, 0.25) is 0 Å². The summed E-state index contributed by atoms with van der Waals surface area (Å²) in [4.78, 5) is 2.61. The molecular weight excluding hydrogens is 248 g/mol. The molecule has 0 bridgehead atoms. The average molecular weight is 274 g/mol. The Bertz CT molecular complexity index is 440. The second-order valence-electron chi connectivity index (χ2n) is 6.25.